The number of nitrogens with one attached hydrogen (secondary N) is 3. The Bertz CT molecular complexity index is 1380. The first-order valence-corrected chi connectivity index (χ1v) is 12.9. The minimum absolute atomic E-state index is 0.0484. The normalized spacial score (nSPS) is 10.8. The van der Waals surface area contributed by atoms with Crippen molar-refractivity contribution < 1.29 is 32.2 Å². The van der Waals surface area contributed by atoms with Gasteiger partial charge in [-0.05, 0) is 73.2 Å². The van der Waals surface area contributed by atoms with E-state index >= 15 is 0 Å². The van der Waals surface area contributed by atoms with Gasteiger partial charge < -0.3 is 24.8 Å². The van der Waals surface area contributed by atoms with Crippen LogP contribution in [0.4, 0.5) is 16.4 Å². The van der Waals surface area contributed by atoms with Crippen molar-refractivity contribution in [2.75, 3.05) is 36.7 Å². The van der Waals surface area contributed by atoms with Gasteiger partial charge in [-0.1, -0.05) is 0 Å². The predicted molar refractivity (Wildman–Crippen MR) is 142 cm³/mol. The Balaban J connectivity index is 1.73. The largest absolute Gasteiger partial charge is 0.497 e. The van der Waals surface area contributed by atoms with E-state index in [-0.39, 0.29) is 20.4 Å². The number of hydrogen-bond acceptors (Lipinski definition) is 9. The van der Waals surface area contributed by atoms with Crippen LogP contribution in [0.1, 0.15) is 25.6 Å². The van der Waals surface area contributed by atoms with E-state index in [0.29, 0.717) is 27.7 Å². The smallest absolute Gasteiger partial charge is 0.348 e. The summed E-state index contributed by atoms with van der Waals surface area (Å²) in [5, 5.41) is 6.23. The van der Waals surface area contributed by atoms with E-state index in [1.165, 1.54) is 45.6 Å². The van der Waals surface area contributed by atoms with Crippen LogP contribution in [0, 0.1) is 6.92 Å². The van der Waals surface area contributed by atoms with Crippen molar-refractivity contribution in [3.63, 3.8) is 0 Å². The fourth-order valence-electron chi connectivity index (χ4n) is 3.09. The molecule has 0 saturated heterocycles. The Hall–Kier alpha value is -3.68. The number of carbonyl (C=O) groups excluding carboxylic acids is 2. The molecule has 3 rings (SSSR count). The highest BCUT2D eigenvalue weighted by atomic mass is 32.2. The number of carbonyl (C=O) groups is 2. The third-order valence-electron chi connectivity index (χ3n) is 4.90. The van der Waals surface area contributed by atoms with Gasteiger partial charge in [0.2, 0.25) is 0 Å². The first kappa shape index (κ1) is 26.9. The highest BCUT2D eigenvalue weighted by Crippen LogP contribution is 2.34. The molecule has 3 N–H and O–H groups in total. The number of esters is 2. The second-order valence-electron chi connectivity index (χ2n) is 7.18. The Morgan fingerprint density at radius 3 is 2.00 bits per heavy atom. The van der Waals surface area contributed by atoms with Crippen LogP contribution in [-0.4, -0.2) is 46.8 Å². The molecule has 2 aromatic carbocycles. The minimum Gasteiger partial charge on any atom is -0.497 e. The number of methoxy groups -OCH3 is 3. The van der Waals surface area contributed by atoms with Gasteiger partial charge in [-0.25, -0.2) is 18.0 Å². The molecule has 0 amide bonds. The lowest BCUT2D eigenvalue weighted by molar-refractivity contribution is 0.0601. The van der Waals surface area contributed by atoms with Crippen molar-refractivity contribution in [2.45, 2.75) is 11.8 Å². The fourth-order valence-corrected chi connectivity index (χ4v) is 5.55. The Morgan fingerprint density at radius 1 is 0.861 bits per heavy atom. The van der Waals surface area contributed by atoms with E-state index in [1.807, 2.05) is 0 Å². The lowest BCUT2D eigenvalue weighted by Gasteiger charge is -2.12. The molecule has 36 heavy (non-hydrogen) atoms. The Kier molecular flexibility index (Phi) is 8.50. The van der Waals surface area contributed by atoms with Crippen molar-refractivity contribution >= 4 is 67.0 Å². The van der Waals surface area contributed by atoms with E-state index < -0.39 is 22.0 Å². The van der Waals surface area contributed by atoms with Crippen LogP contribution in [0.15, 0.2) is 53.4 Å². The highest BCUT2D eigenvalue weighted by Gasteiger charge is 2.26. The number of benzene rings is 2. The number of rotatable bonds is 8. The van der Waals surface area contributed by atoms with E-state index in [0.717, 1.165) is 11.3 Å². The molecule has 190 valence electrons. The maximum Gasteiger partial charge on any atom is 0.348 e. The molecule has 0 aliphatic heterocycles. The number of hydrogen-bond donors (Lipinski definition) is 3. The zero-order chi connectivity index (χ0) is 26.5. The summed E-state index contributed by atoms with van der Waals surface area (Å²) in [5.41, 5.74) is 1.46. The topological polar surface area (TPSA) is 132 Å². The molecule has 1 aromatic heterocycles. The van der Waals surface area contributed by atoms with Crippen molar-refractivity contribution in [2.24, 2.45) is 0 Å². The van der Waals surface area contributed by atoms with E-state index in [1.54, 1.807) is 31.2 Å². The molecular weight excluding hydrogens is 526 g/mol. The van der Waals surface area contributed by atoms with Crippen LogP contribution < -0.4 is 20.1 Å². The summed E-state index contributed by atoms with van der Waals surface area (Å²) >= 11 is 6.34. The number of thiophene rings is 1. The third kappa shape index (κ3) is 6.11. The summed E-state index contributed by atoms with van der Waals surface area (Å²) in [6.45, 7) is 1.61. The van der Waals surface area contributed by atoms with Crippen LogP contribution >= 0.6 is 23.6 Å². The van der Waals surface area contributed by atoms with Gasteiger partial charge >= 0.3 is 11.9 Å². The van der Waals surface area contributed by atoms with Crippen LogP contribution in [0.25, 0.3) is 0 Å². The zero-order valence-electron chi connectivity index (χ0n) is 19.7. The Morgan fingerprint density at radius 2 is 1.44 bits per heavy atom. The number of thiocarbonyl (C=S) groups is 1. The lowest BCUT2D eigenvalue weighted by Crippen LogP contribution is -2.20. The summed E-state index contributed by atoms with van der Waals surface area (Å²) in [4.78, 5) is 24.6. The van der Waals surface area contributed by atoms with Crippen LogP contribution in [-0.2, 0) is 19.5 Å². The zero-order valence-corrected chi connectivity index (χ0v) is 22.2. The summed E-state index contributed by atoms with van der Waals surface area (Å²) in [5.74, 6) is -0.617. The first-order chi connectivity index (χ1) is 17.1. The maximum absolute atomic E-state index is 12.7. The molecule has 0 atom stereocenters. The van der Waals surface area contributed by atoms with E-state index in [9.17, 15) is 18.0 Å². The van der Waals surface area contributed by atoms with E-state index in [2.05, 4.69) is 15.4 Å². The second-order valence-corrected chi connectivity index (χ2v) is 10.3. The highest BCUT2D eigenvalue weighted by molar-refractivity contribution is 7.92. The fraction of sp³-hybridized carbons (Fsp3) is 0.174. The van der Waals surface area contributed by atoms with Crippen LogP contribution in [0.5, 0.6) is 5.75 Å². The average Bonchev–Trinajstić information content (AvgIpc) is 3.18. The maximum atomic E-state index is 12.7. The molecule has 0 aliphatic carbocycles. The monoisotopic (exact) mass is 549 g/mol. The van der Waals surface area contributed by atoms with Gasteiger partial charge in [-0.2, -0.15) is 0 Å². The minimum atomic E-state index is -3.82. The van der Waals surface area contributed by atoms with Gasteiger partial charge in [-0.3, -0.25) is 4.72 Å². The molecule has 0 radical (unpaired) electrons. The summed E-state index contributed by atoms with van der Waals surface area (Å²) in [6.07, 6.45) is 0. The van der Waals surface area contributed by atoms with E-state index in [4.69, 9.17) is 26.4 Å². The van der Waals surface area contributed by atoms with Crippen LogP contribution in [0.2, 0.25) is 0 Å². The molecule has 10 nitrogen and oxygen atoms in total. The standard InChI is InChI=1S/C23H23N3O7S3/c1-13-18(21(27)32-3)20(35-19(13)22(28)33-4)25-23(34)24-14-7-11-17(12-8-14)36(29,30)26-15-5-9-16(31-2)10-6-15/h5-12,26H,1-4H3,(H2,24,25,34). The lowest BCUT2D eigenvalue weighted by atomic mass is 10.1. The predicted octanol–water partition coefficient (Wildman–Crippen LogP) is 4.25. The van der Waals surface area contributed by atoms with Gasteiger partial charge in [0, 0.05) is 11.4 Å². The van der Waals surface area contributed by atoms with Crippen molar-refractivity contribution in [1.29, 1.82) is 0 Å². The van der Waals surface area contributed by atoms with Gasteiger partial charge in [-0.15, -0.1) is 11.3 Å². The SMILES string of the molecule is COC(=O)c1sc(NC(=S)Nc2ccc(S(=O)(=O)Nc3ccc(OC)cc3)cc2)c(C(=O)OC)c1C. The first-order valence-electron chi connectivity index (χ1n) is 10.2. The summed E-state index contributed by atoms with van der Waals surface area (Å²) in [7, 11) is 0.183. The third-order valence-corrected chi connectivity index (χ3v) is 7.69. The van der Waals surface area contributed by atoms with Crippen molar-refractivity contribution in [3.05, 3.63) is 64.5 Å². The van der Waals surface area contributed by atoms with Gasteiger partial charge in [0.25, 0.3) is 10.0 Å². The summed E-state index contributed by atoms with van der Waals surface area (Å²) in [6, 6.07) is 12.4. The summed E-state index contributed by atoms with van der Waals surface area (Å²) < 4.78 is 42.6. The molecular formula is C23H23N3O7S3. The molecule has 0 aliphatic rings. The molecule has 0 unspecified atom stereocenters. The second kappa shape index (κ2) is 11.4. The number of sulfonamides is 1. The molecule has 0 fully saturated rings. The average molecular weight is 550 g/mol. The van der Waals surface area contributed by atoms with Gasteiger partial charge in [0.15, 0.2) is 5.11 Å². The molecule has 13 heteroatoms. The van der Waals surface area contributed by atoms with Gasteiger partial charge in [0.1, 0.15) is 15.6 Å². The Labute approximate surface area is 217 Å². The number of anilines is 3. The van der Waals surface area contributed by atoms with Gasteiger partial charge in [0.05, 0.1) is 31.8 Å². The quantitative estimate of drug-likeness (QED) is 0.277. The van der Waals surface area contributed by atoms with Crippen LogP contribution in [0.3, 0.4) is 0 Å². The molecule has 0 spiro atoms. The number of ether oxygens (including phenoxy) is 3. The molecule has 1 heterocycles. The molecule has 0 saturated carbocycles. The van der Waals surface area contributed by atoms with Crippen molar-refractivity contribution in [1.82, 2.24) is 0 Å². The molecule has 0 bridgehead atoms. The van der Waals surface area contributed by atoms with Crippen molar-refractivity contribution in [3.8, 4) is 5.75 Å². The molecule has 3 aromatic rings.